The highest BCUT2D eigenvalue weighted by atomic mass is 19.1. The zero-order chi connectivity index (χ0) is 14.1. The molecule has 1 aromatic carbocycles. The van der Waals surface area contributed by atoms with Crippen molar-refractivity contribution in [3.05, 3.63) is 29.6 Å². The zero-order valence-electron chi connectivity index (χ0n) is 11.5. The maximum atomic E-state index is 13.4. The lowest BCUT2D eigenvalue weighted by Gasteiger charge is -2.09. The molecule has 19 heavy (non-hydrogen) atoms. The molecule has 0 fully saturated rings. The quantitative estimate of drug-likeness (QED) is 0.707. The van der Waals surface area contributed by atoms with Gasteiger partial charge in [0.2, 0.25) is 5.91 Å². The van der Waals surface area contributed by atoms with Crippen LogP contribution < -0.4 is 15.4 Å². The van der Waals surface area contributed by atoms with E-state index in [0.29, 0.717) is 31.7 Å². The van der Waals surface area contributed by atoms with E-state index in [1.54, 1.807) is 7.05 Å². The van der Waals surface area contributed by atoms with Crippen molar-refractivity contribution < 1.29 is 13.9 Å². The summed E-state index contributed by atoms with van der Waals surface area (Å²) in [6.45, 7) is 3.84. The van der Waals surface area contributed by atoms with Gasteiger partial charge in [-0.15, -0.1) is 0 Å². The lowest BCUT2D eigenvalue weighted by Crippen LogP contribution is -2.18. The second-order valence-electron chi connectivity index (χ2n) is 4.20. The maximum absolute atomic E-state index is 13.4. The summed E-state index contributed by atoms with van der Waals surface area (Å²) in [6.07, 6.45) is 1.02. The van der Waals surface area contributed by atoms with Crippen molar-refractivity contribution in [2.24, 2.45) is 0 Å². The molecule has 4 nitrogen and oxygen atoms in total. The topological polar surface area (TPSA) is 50.4 Å². The number of hydrogen-bond acceptors (Lipinski definition) is 3. The van der Waals surface area contributed by atoms with Gasteiger partial charge in [-0.3, -0.25) is 4.79 Å². The van der Waals surface area contributed by atoms with Gasteiger partial charge in [-0.2, -0.15) is 0 Å². The third-order valence-corrected chi connectivity index (χ3v) is 2.61. The maximum Gasteiger partial charge on any atom is 0.219 e. The fraction of sp³-hybridized carbons (Fsp3) is 0.500. The molecule has 0 unspecified atom stereocenters. The fourth-order valence-corrected chi connectivity index (χ4v) is 1.62. The molecule has 0 aliphatic rings. The molecule has 0 bridgehead atoms. The Balaban J connectivity index is 2.44. The lowest BCUT2D eigenvalue weighted by molar-refractivity contribution is -0.120. The summed E-state index contributed by atoms with van der Waals surface area (Å²) in [5, 5.41) is 5.68. The minimum absolute atomic E-state index is 0.0179. The summed E-state index contributed by atoms with van der Waals surface area (Å²) in [7, 11) is 1.60. The third-order valence-electron chi connectivity index (χ3n) is 2.61. The molecule has 5 heteroatoms. The van der Waals surface area contributed by atoms with Crippen LogP contribution in [0.25, 0.3) is 0 Å². The molecule has 0 aliphatic carbocycles. The van der Waals surface area contributed by atoms with Gasteiger partial charge in [0, 0.05) is 26.1 Å². The monoisotopic (exact) mass is 268 g/mol. The number of ether oxygens (including phenoxy) is 1. The van der Waals surface area contributed by atoms with Crippen molar-refractivity contribution in [3.63, 3.8) is 0 Å². The molecule has 0 spiro atoms. The molecular weight excluding hydrogens is 247 g/mol. The van der Waals surface area contributed by atoms with Crippen molar-refractivity contribution in [1.82, 2.24) is 10.6 Å². The summed E-state index contributed by atoms with van der Waals surface area (Å²) < 4.78 is 18.8. The van der Waals surface area contributed by atoms with E-state index in [0.717, 1.165) is 12.1 Å². The Labute approximate surface area is 113 Å². The lowest BCUT2D eigenvalue weighted by atomic mass is 10.2. The van der Waals surface area contributed by atoms with Crippen LogP contribution in [0.2, 0.25) is 0 Å². The summed E-state index contributed by atoms with van der Waals surface area (Å²) in [6, 6.07) is 4.65. The molecule has 0 atom stereocenters. The summed E-state index contributed by atoms with van der Waals surface area (Å²) in [4.78, 5) is 11.0. The molecule has 0 saturated heterocycles. The molecule has 106 valence electrons. The first-order chi connectivity index (χ1) is 9.15. The van der Waals surface area contributed by atoms with Crippen LogP contribution in [0.1, 0.15) is 25.3 Å². The Morgan fingerprint density at radius 2 is 2.16 bits per heavy atom. The van der Waals surface area contributed by atoms with E-state index >= 15 is 0 Å². The van der Waals surface area contributed by atoms with Crippen molar-refractivity contribution in [2.45, 2.75) is 26.3 Å². The van der Waals surface area contributed by atoms with Crippen LogP contribution in [0.4, 0.5) is 4.39 Å². The van der Waals surface area contributed by atoms with Gasteiger partial charge in [-0.25, -0.2) is 4.39 Å². The highest BCUT2D eigenvalue weighted by molar-refractivity contribution is 5.75. The number of hydrogen-bond donors (Lipinski definition) is 2. The van der Waals surface area contributed by atoms with E-state index in [1.165, 1.54) is 12.1 Å². The molecular formula is C14H21FN2O2. The zero-order valence-corrected chi connectivity index (χ0v) is 11.5. The highest BCUT2D eigenvalue weighted by Crippen LogP contribution is 2.16. The Bertz CT molecular complexity index is 410. The molecule has 1 aromatic rings. The summed E-state index contributed by atoms with van der Waals surface area (Å²) in [5.74, 6) is 0.178. The highest BCUT2D eigenvalue weighted by Gasteiger charge is 2.03. The van der Waals surface area contributed by atoms with Crippen molar-refractivity contribution in [1.29, 1.82) is 0 Å². The SMILES string of the molecule is CCNCc1cc(F)cc(OCCCC(=O)NC)c1. The molecule has 2 N–H and O–H groups in total. The molecule has 0 aromatic heterocycles. The van der Waals surface area contributed by atoms with E-state index < -0.39 is 0 Å². The molecule has 1 rings (SSSR count). The van der Waals surface area contributed by atoms with Gasteiger partial charge in [0.25, 0.3) is 0 Å². The van der Waals surface area contributed by atoms with Crippen LogP contribution in [0.3, 0.4) is 0 Å². The third kappa shape index (κ3) is 6.20. The Morgan fingerprint density at radius 3 is 2.84 bits per heavy atom. The predicted octanol–water partition coefficient (Wildman–Crippen LogP) is 1.84. The van der Waals surface area contributed by atoms with Gasteiger partial charge in [0.1, 0.15) is 11.6 Å². The van der Waals surface area contributed by atoms with E-state index in [1.807, 2.05) is 13.0 Å². The Morgan fingerprint density at radius 1 is 1.37 bits per heavy atom. The van der Waals surface area contributed by atoms with Gasteiger partial charge in [-0.05, 0) is 30.7 Å². The first kappa shape index (κ1) is 15.4. The Hall–Kier alpha value is -1.62. The number of rotatable bonds is 8. The molecule has 0 saturated carbocycles. The summed E-state index contributed by atoms with van der Waals surface area (Å²) >= 11 is 0. The van der Waals surface area contributed by atoms with Gasteiger partial charge < -0.3 is 15.4 Å². The minimum atomic E-state index is -0.309. The van der Waals surface area contributed by atoms with Crippen LogP contribution in [0, 0.1) is 5.82 Å². The van der Waals surface area contributed by atoms with E-state index in [-0.39, 0.29) is 11.7 Å². The number of amides is 1. The number of nitrogens with one attached hydrogen (secondary N) is 2. The van der Waals surface area contributed by atoms with Crippen molar-refractivity contribution >= 4 is 5.91 Å². The van der Waals surface area contributed by atoms with Crippen molar-refractivity contribution in [2.75, 3.05) is 20.2 Å². The number of halogens is 1. The Kier molecular flexibility index (Phi) is 6.89. The first-order valence-electron chi connectivity index (χ1n) is 6.49. The predicted molar refractivity (Wildman–Crippen MR) is 72.6 cm³/mol. The number of carbonyl (C=O) groups is 1. The van der Waals surface area contributed by atoms with E-state index in [4.69, 9.17) is 4.74 Å². The second-order valence-corrected chi connectivity index (χ2v) is 4.20. The average Bonchev–Trinajstić information content (AvgIpc) is 2.40. The standard InChI is InChI=1S/C14H21FN2O2/c1-3-17-10-11-7-12(15)9-13(8-11)19-6-4-5-14(18)16-2/h7-9,17H,3-6,10H2,1-2H3,(H,16,18). The molecule has 0 aliphatic heterocycles. The molecule has 1 amide bonds. The minimum Gasteiger partial charge on any atom is -0.493 e. The van der Waals surface area contributed by atoms with Crippen LogP contribution in [-0.4, -0.2) is 26.1 Å². The van der Waals surface area contributed by atoms with Crippen LogP contribution in [0.5, 0.6) is 5.75 Å². The number of carbonyl (C=O) groups excluding carboxylic acids is 1. The number of benzene rings is 1. The largest absolute Gasteiger partial charge is 0.493 e. The fourth-order valence-electron chi connectivity index (χ4n) is 1.62. The van der Waals surface area contributed by atoms with E-state index in [2.05, 4.69) is 10.6 Å². The van der Waals surface area contributed by atoms with Crippen LogP contribution in [0.15, 0.2) is 18.2 Å². The molecule has 0 heterocycles. The van der Waals surface area contributed by atoms with Crippen molar-refractivity contribution in [3.8, 4) is 5.75 Å². The first-order valence-corrected chi connectivity index (χ1v) is 6.49. The normalized spacial score (nSPS) is 10.3. The second kappa shape index (κ2) is 8.48. The van der Waals surface area contributed by atoms with E-state index in [9.17, 15) is 9.18 Å². The molecule has 0 radical (unpaired) electrons. The van der Waals surface area contributed by atoms with Gasteiger partial charge in [-0.1, -0.05) is 6.92 Å². The van der Waals surface area contributed by atoms with Gasteiger partial charge in [0.15, 0.2) is 0 Å². The van der Waals surface area contributed by atoms with Crippen LogP contribution in [-0.2, 0) is 11.3 Å². The van der Waals surface area contributed by atoms with Gasteiger partial charge in [0.05, 0.1) is 6.61 Å². The smallest absolute Gasteiger partial charge is 0.219 e. The summed E-state index contributed by atoms with van der Waals surface area (Å²) in [5.41, 5.74) is 0.850. The van der Waals surface area contributed by atoms with Crippen LogP contribution >= 0.6 is 0 Å². The average molecular weight is 268 g/mol. The van der Waals surface area contributed by atoms with Gasteiger partial charge >= 0.3 is 0 Å².